The molecule has 232 valence electrons. The standard InChI is InChI=1S/C18H36O2.C6H14O3.C5H12O4/c1-2-3-4-5-6-7-8-9-10-11-12-13-14-15-16-17-18(19)20;7-3-1-2-6(4-8)5-9;6-1-5(2-7,3-8)4-9/h2-17H2,1H3,(H,19,20);6-9H,1-5H2;6-9H,1-4H2. The fourth-order valence-electron chi connectivity index (χ4n) is 3.57. The first-order chi connectivity index (χ1) is 18.4. The maximum atomic E-state index is 10.3. The second-order valence-electron chi connectivity index (χ2n) is 10.3. The maximum absolute atomic E-state index is 10.3. The molecule has 0 aliphatic heterocycles. The second kappa shape index (κ2) is 34.2. The van der Waals surface area contributed by atoms with Crippen molar-refractivity contribution in [2.75, 3.05) is 46.2 Å². The first-order valence-corrected chi connectivity index (χ1v) is 14.8. The molecule has 0 radical (unpaired) electrons. The Kier molecular flexibility index (Phi) is 37.5. The first-order valence-electron chi connectivity index (χ1n) is 14.8. The molecule has 38 heavy (non-hydrogen) atoms. The normalized spacial score (nSPS) is 11.1. The Balaban J connectivity index is -0.000000563. The number of carbonyl (C=O) groups is 1. The fraction of sp³-hybridized carbons (Fsp3) is 0.966. The third kappa shape index (κ3) is 31.4. The van der Waals surface area contributed by atoms with Crippen molar-refractivity contribution in [1.29, 1.82) is 0 Å². The number of aliphatic hydroxyl groups is 7. The van der Waals surface area contributed by atoms with Gasteiger partial charge in [-0.25, -0.2) is 0 Å². The van der Waals surface area contributed by atoms with Crippen molar-refractivity contribution in [1.82, 2.24) is 0 Å². The maximum Gasteiger partial charge on any atom is 0.303 e. The number of unbranched alkanes of at least 4 members (excludes halogenated alkanes) is 14. The van der Waals surface area contributed by atoms with E-state index in [9.17, 15) is 4.79 Å². The van der Waals surface area contributed by atoms with Gasteiger partial charge >= 0.3 is 5.97 Å². The van der Waals surface area contributed by atoms with E-state index in [0.717, 1.165) is 12.8 Å². The van der Waals surface area contributed by atoms with Gasteiger partial charge in [0.25, 0.3) is 0 Å². The summed E-state index contributed by atoms with van der Waals surface area (Å²) < 4.78 is 0. The van der Waals surface area contributed by atoms with Gasteiger partial charge in [0.05, 0.1) is 31.8 Å². The lowest BCUT2D eigenvalue weighted by atomic mass is 9.93. The van der Waals surface area contributed by atoms with Gasteiger partial charge in [0.2, 0.25) is 0 Å². The van der Waals surface area contributed by atoms with Crippen LogP contribution in [0.5, 0.6) is 0 Å². The quantitative estimate of drug-likeness (QED) is 0.0782. The first kappa shape index (κ1) is 41.7. The van der Waals surface area contributed by atoms with E-state index in [1.165, 1.54) is 83.5 Å². The number of rotatable bonds is 25. The summed E-state index contributed by atoms with van der Waals surface area (Å²) in [4.78, 5) is 10.3. The average Bonchev–Trinajstić information content (AvgIpc) is 2.93. The fourth-order valence-corrected chi connectivity index (χ4v) is 3.57. The van der Waals surface area contributed by atoms with Gasteiger partial charge in [0.1, 0.15) is 0 Å². The molecule has 0 aliphatic carbocycles. The van der Waals surface area contributed by atoms with E-state index in [4.69, 9.17) is 40.9 Å². The van der Waals surface area contributed by atoms with Gasteiger partial charge in [0.15, 0.2) is 0 Å². The summed E-state index contributed by atoms with van der Waals surface area (Å²) in [5.41, 5.74) is -1.11. The molecule has 0 fully saturated rings. The SMILES string of the molecule is CCCCCCCCCCCCCCCCCC(=O)O.OCC(CO)(CO)CO.OCCCC(CO)CO. The topological polar surface area (TPSA) is 179 Å². The molecule has 0 spiro atoms. The lowest BCUT2D eigenvalue weighted by Gasteiger charge is -2.23. The summed E-state index contributed by atoms with van der Waals surface area (Å²) in [6, 6.07) is 0. The van der Waals surface area contributed by atoms with E-state index in [1.807, 2.05) is 0 Å². The molecule has 0 atom stereocenters. The molecule has 0 heterocycles. The van der Waals surface area contributed by atoms with Crippen LogP contribution in [0.2, 0.25) is 0 Å². The smallest absolute Gasteiger partial charge is 0.303 e. The summed E-state index contributed by atoms with van der Waals surface area (Å²) in [6.45, 7) is 0.801. The Morgan fingerprint density at radius 3 is 1.13 bits per heavy atom. The average molecular weight is 555 g/mol. The van der Waals surface area contributed by atoms with Crippen LogP contribution in [0.4, 0.5) is 0 Å². The predicted octanol–water partition coefficient (Wildman–Crippen LogP) is 3.63. The molecule has 8 N–H and O–H groups in total. The predicted molar refractivity (Wildman–Crippen MR) is 152 cm³/mol. The number of hydrogen-bond acceptors (Lipinski definition) is 8. The third-order valence-corrected chi connectivity index (χ3v) is 6.62. The number of aliphatic carboxylic acids is 1. The van der Waals surface area contributed by atoms with Gasteiger partial charge in [-0.2, -0.15) is 0 Å². The summed E-state index contributed by atoms with van der Waals surface area (Å²) in [5, 5.41) is 67.9. The van der Waals surface area contributed by atoms with Crippen LogP contribution in [0.15, 0.2) is 0 Å². The number of aliphatic hydroxyl groups excluding tert-OH is 7. The Hall–Kier alpha value is -0.810. The van der Waals surface area contributed by atoms with Crippen LogP contribution in [0, 0.1) is 11.3 Å². The monoisotopic (exact) mass is 554 g/mol. The van der Waals surface area contributed by atoms with E-state index in [1.54, 1.807) is 0 Å². The molecule has 0 unspecified atom stereocenters. The van der Waals surface area contributed by atoms with Gasteiger partial charge in [-0.05, 0) is 19.3 Å². The summed E-state index contributed by atoms with van der Waals surface area (Å²) in [6.07, 6.45) is 21.6. The molecular weight excluding hydrogens is 492 g/mol. The van der Waals surface area contributed by atoms with Crippen molar-refractivity contribution in [2.24, 2.45) is 11.3 Å². The minimum Gasteiger partial charge on any atom is -0.481 e. The Morgan fingerprint density at radius 2 is 0.895 bits per heavy atom. The zero-order valence-corrected chi connectivity index (χ0v) is 24.2. The highest BCUT2D eigenvalue weighted by Crippen LogP contribution is 2.14. The lowest BCUT2D eigenvalue weighted by Crippen LogP contribution is -2.37. The highest BCUT2D eigenvalue weighted by molar-refractivity contribution is 5.66. The van der Waals surface area contributed by atoms with Crippen molar-refractivity contribution < 1.29 is 45.6 Å². The van der Waals surface area contributed by atoms with Crippen molar-refractivity contribution in [3.63, 3.8) is 0 Å². The van der Waals surface area contributed by atoms with E-state index in [0.29, 0.717) is 19.3 Å². The van der Waals surface area contributed by atoms with Crippen LogP contribution in [-0.4, -0.2) is 93.1 Å². The number of hydrogen-bond donors (Lipinski definition) is 8. The summed E-state index contributed by atoms with van der Waals surface area (Å²) in [5.74, 6) is -0.697. The van der Waals surface area contributed by atoms with E-state index < -0.39 is 37.8 Å². The molecule has 0 rings (SSSR count). The molecule has 0 aromatic rings. The highest BCUT2D eigenvalue weighted by atomic mass is 16.4. The van der Waals surface area contributed by atoms with Gasteiger partial charge in [-0.1, -0.05) is 96.8 Å². The Morgan fingerprint density at radius 1 is 0.553 bits per heavy atom. The summed E-state index contributed by atoms with van der Waals surface area (Å²) >= 11 is 0. The molecule has 9 nitrogen and oxygen atoms in total. The van der Waals surface area contributed by atoms with E-state index in [2.05, 4.69) is 6.92 Å². The Labute approximate surface area is 231 Å². The van der Waals surface area contributed by atoms with Crippen LogP contribution in [0.3, 0.4) is 0 Å². The zero-order valence-electron chi connectivity index (χ0n) is 24.2. The van der Waals surface area contributed by atoms with E-state index in [-0.39, 0.29) is 25.7 Å². The van der Waals surface area contributed by atoms with Gasteiger partial charge < -0.3 is 40.9 Å². The number of carboxylic acid groups (broad SMARTS) is 1. The van der Waals surface area contributed by atoms with Crippen molar-refractivity contribution >= 4 is 5.97 Å². The van der Waals surface area contributed by atoms with Crippen LogP contribution < -0.4 is 0 Å². The third-order valence-electron chi connectivity index (χ3n) is 6.62. The number of carboxylic acids is 1. The molecular formula is C29H62O9. The molecule has 0 saturated heterocycles. The van der Waals surface area contributed by atoms with Gasteiger partial charge in [-0.15, -0.1) is 0 Å². The van der Waals surface area contributed by atoms with Crippen molar-refractivity contribution in [3.05, 3.63) is 0 Å². The Bertz CT molecular complexity index is 424. The lowest BCUT2D eigenvalue weighted by molar-refractivity contribution is -0.137. The molecule has 0 bridgehead atoms. The highest BCUT2D eigenvalue weighted by Gasteiger charge is 2.26. The second-order valence-corrected chi connectivity index (χ2v) is 10.3. The molecule has 0 aromatic carbocycles. The minimum absolute atomic E-state index is 0.0104. The van der Waals surface area contributed by atoms with Crippen molar-refractivity contribution in [3.8, 4) is 0 Å². The van der Waals surface area contributed by atoms with Crippen LogP contribution in [-0.2, 0) is 4.79 Å². The van der Waals surface area contributed by atoms with Crippen LogP contribution in [0.25, 0.3) is 0 Å². The summed E-state index contributed by atoms with van der Waals surface area (Å²) in [7, 11) is 0. The largest absolute Gasteiger partial charge is 0.481 e. The van der Waals surface area contributed by atoms with Gasteiger partial charge in [0, 0.05) is 32.2 Å². The van der Waals surface area contributed by atoms with Crippen molar-refractivity contribution in [2.45, 2.75) is 122 Å². The zero-order chi connectivity index (χ0) is 29.3. The van der Waals surface area contributed by atoms with Gasteiger partial charge in [-0.3, -0.25) is 4.79 Å². The minimum atomic E-state index is -1.11. The van der Waals surface area contributed by atoms with Crippen LogP contribution in [0.1, 0.15) is 122 Å². The molecule has 9 heteroatoms. The van der Waals surface area contributed by atoms with Crippen LogP contribution >= 0.6 is 0 Å². The molecule has 0 amide bonds. The molecule has 0 aromatic heterocycles. The molecule has 0 saturated carbocycles. The van der Waals surface area contributed by atoms with E-state index >= 15 is 0 Å². The molecule has 0 aliphatic rings.